The van der Waals surface area contributed by atoms with Gasteiger partial charge in [-0.15, -0.1) is 0 Å². The van der Waals surface area contributed by atoms with Crippen LogP contribution in [0.5, 0.6) is 11.5 Å². The van der Waals surface area contributed by atoms with Crippen LogP contribution in [0.2, 0.25) is 0 Å². The molecule has 2 aromatic carbocycles. The Bertz CT molecular complexity index is 886. The zero-order chi connectivity index (χ0) is 18.4. The lowest BCUT2D eigenvalue weighted by atomic mass is 10.1. The van der Waals surface area contributed by atoms with Crippen LogP contribution < -0.4 is 14.2 Å². The summed E-state index contributed by atoms with van der Waals surface area (Å²) in [5.74, 6) is 0.992. The SMILES string of the molecule is CNS(=O)(=O)c1ccc(C(=O)/C=C/c2ccc(OC)cc2OC)cc1. The molecular weight excluding hydrogens is 342 g/mol. The van der Waals surface area contributed by atoms with Crippen LogP contribution in [0, 0.1) is 0 Å². The van der Waals surface area contributed by atoms with Crippen molar-refractivity contribution in [2.75, 3.05) is 21.3 Å². The molecule has 1 N–H and O–H groups in total. The lowest BCUT2D eigenvalue weighted by Gasteiger charge is -2.07. The predicted molar refractivity (Wildman–Crippen MR) is 95.6 cm³/mol. The maximum absolute atomic E-state index is 12.3. The molecule has 0 heterocycles. The molecule has 6 nitrogen and oxygen atoms in total. The third-order valence-electron chi connectivity index (χ3n) is 3.57. The van der Waals surface area contributed by atoms with E-state index >= 15 is 0 Å². The lowest BCUT2D eigenvalue weighted by Crippen LogP contribution is -2.18. The third-order valence-corrected chi connectivity index (χ3v) is 5.00. The first kappa shape index (κ1) is 18.7. The molecule has 0 atom stereocenters. The highest BCUT2D eigenvalue weighted by Gasteiger charge is 2.12. The molecule has 7 heteroatoms. The van der Waals surface area contributed by atoms with E-state index in [1.54, 1.807) is 31.4 Å². The lowest BCUT2D eigenvalue weighted by molar-refractivity contribution is 0.104. The number of methoxy groups -OCH3 is 2. The van der Waals surface area contributed by atoms with Gasteiger partial charge in [0.1, 0.15) is 11.5 Å². The second-order valence-electron chi connectivity index (χ2n) is 5.04. The fraction of sp³-hybridized carbons (Fsp3) is 0.167. The van der Waals surface area contributed by atoms with Gasteiger partial charge in [0.05, 0.1) is 19.1 Å². The van der Waals surface area contributed by atoms with Crippen LogP contribution in [0.1, 0.15) is 15.9 Å². The van der Waals surface area contributed by atoms with Crippen molar-refractivity contribution in [3.05, 3.63) is 59.7 Å². The van der Waals surface area contributed by atoms with Gasteiger partial charge in [0, 0.05) is 17.2 Å². The molecule has 0 unspecified atom stereocenters. The maximum atomic E-state index is 12.3. The van der Waals surface area contributed by atoms with Gasteiger partial charge in [-0.2, -0.15) is 0 Å². The highest BCUT2D eigenvalue weighted by atomic mass is 32.2. The largest absolute Gasteiger partial charge is 0.497 e. The number of ketones is 1. The van der Waals surface area contributed by atoms with E-state index in [0.717, 1.165) is 5.56 Å². The minimum Gasteiger partial charge on any atom is -0.497 e. The second kappa shape index (κ2) is 7.96. The highest BCUT2D eigenvalue weighted by Crippen LogP contribution is 2.25. The molecule has 25 heavy (non-hydrogen) atoms. The Balaban J connectivity index is 2.21. The summed E-state index contributed by atoms with van der Waals surface area (Å²) in [5.41, 5.74) is 1.12. The molecule has 0 aliphatic heterocycles. The first-order chi connectivity index (χ1) is 11.9. The van der Waals surface area contributed by atoms with Crippen molar-refractivity contribution < 1.29 is 22.7 Å². The van der Waals surface area contributed by atoms with E-state index in [1.807, 2.05) is 0 Å². The molecular formula is C18H19NO5S. The van der Waals surface area contributed by atoms with Crippen LogP contribution in [0.15, 0.2) is 53.4 Å². The number of hydrogen-bond donors (Lipinski definition) is 1. The minimum atomic E-state index is -3.52. The van der Waals surface area contributed by atoms with Crippen LogP contribution >= 0.6 is 0 Å². The van der Waals surface area contributed by atoms with Gasteiger partial charge < -0.3 is 9.47 Å². The first-order valence-electron chi connectivity index (χ1n) is 7.39. The zero-order valence-electron chi connectivity index (χ0n) is 14.1. The number of benzene rings is 2. The molecule has 0 bridgehead atoms. The summed E-state index contributed by atoms with van der Waals surface area (Å²) in [4.78, 5) is 12.4. The number of sulfonamides is 1. The number of nitrogens with one attached hydrogen (secondary N) is 1. The van der Waals surface area contributed by atoms with Crippen LogP contribution in [-0.2, 0) is 10.0 Å². The van der Waals surface area contributed by atoms with Crippen LogP contribution in [0.4, 0.5) is 0 Å². The monoisotopic (exact) mass is 361 g/mol. The smallest absolute Gasteiger partial charge is 0.240 e. The van der Waals surface area contributed by atoms with Gasteiger partial charge in [-0.05, 0) is 55.6 Å². The summed E-state index contributed by atoms with van der Waals surface area (Å²) in [6.07, 6.45) is 3.05. The van der Waals surface area contributed by atoms with Gasteiger partial charge in [-0.25, -0.2) is 13.1 Å². The summed E-state index contributed by atoms with van der Waals surface area (Å²) in [6.45, 7) is 0. The van der Waals surface area contributed by atoms with Crippen LogP contribution in [-0.4, -0.2) is 35.5 Å². The number of hydrogen-bond acceptors (Lipinski definition) is 5. The molecule has 0 aliphatic carbocycles. The van der Waals surface area contributed by atoms with E-state index in [-0.39, 0.29) is 10.7 Å². The maximum Gasteiger partial charge on any atom is 0.240 e. The summed E-state index contributed by atoms with van der Waals surface area (Å²) in [7, 11) is 0.911. The van der Waals surface area contributed by atoms with Gasteiger partial charge in [0.25, 0.3) is 0 Å². The minimum absolute atomic E-state index is 0.104. The normalized spacial score (nSPS) is 11.5. The molecule has 0 saturated carbocycles. The average molecular weight is 361 g/mol. The summed E-state index contributed by atoms with van der Waals surface area (Å²) >= 11 is 0. The predicted octanol–water partition coefficient (Wildman–Crippen LogP) is 2.51. The Morgan fingerprint density at radius 1 is 1.04 bits per heavy atom. The van der Waals surface area contributed by atoms with Crippen molar-refractivity contribution in [1.82, 2.24) is 4.72 Å². The average Bonchev–Trinajstić information content (AvgIpc) is 2.65. The Morgan fingerprint density at radius 3 is 2.28 bits per heavy atom. The van der Waals surface area contributed by atoms with Gasteiger partial charge >= 0.3 is 0 Å². The van der Waals surface area contributed by atoms with E-state index < -0.39 is 10.0 Å². The van der Waals surface area contributed by atoms with Crippen LogP contribution in [0.25, 0.3) is 6.08 Å². The fourth-order valence-electron chi connectivity index (χ4n) is 2.13. The first-order valence-corrected chi connectivity index (χ1v) is 8.87. The summed E-state index contributed by atoms with van der Waals surface area (Å²) in [5, 5.41) is 0. The molecule has 0 spiro atoms. The molecule has 2 aromatic rings. The zero-order valence-corrected chi connectivity index (χ0v) is 15.0. The van der Waals surface area contributed by atoms with Gasteiger partial charge in [0.2, 0.25) is 10.0 Å². The number of ether oxygens (including phenoxy) is 2. The van der Waals surface area contributed by atoms with Crippen molar-refractivity contribution in [3.63, 3.8) is 0 Å². The van der Waals surface area contributed by atoms with E-state index in [4.69, 9.17) is 9.47 Å². The number of allylic oxidation sites excluding steroid dienone is 1. The topological polar surface area (TPSA) is 81.7 Å². The number of carbonyl (C=O) groups excluding carboxylic acids is 1. The molecule has 0 amide bonds. The van der Waals surface area contributed by atoms with E-state index in [1.165, 1.54) is 44.5 Å². The molecule has 0 aromatic heterocycles. The molecule has 132 valence electrons. The quantitative estimate of drug-likeness (QED) is 0.605. The highest BCUT2D eigenvalue weighted by molar-refractivity contribution is 7.89. The van der Waals surface area contributed by atoms with E-state index in [0.29, 0.717) is 17.1 Å². The molecule has 0 fully saturated rings. The fourth-order valence-corrected chi connectivity index (χ4v) is 2.86. The van der Waals surface area contributed by atoms with E-state index in [2.05, 4.69) is 4.72 Å². The van der Waals surface area contributed by atoms with Gasteiger partial charge in [0.15, 0.2) is 5.78 Å². The molecule has 0 radical (unpaired) electrons. The van der Waals surface area contributed by atoms with Crippen molar-refractivity contribution in [2.24, 2.45) is 0 Å². The Morgan fingerprint density at radius 2 is 1.72 bits per heavy atom. The molecule has 2 rings (SSSR count). The van der Waals surface area contributed by atoms with Gasteiger partial charge in [-0.3, -0.25) is 4.79 Å². The van der Waals surface area contributed by atoms with Crippen molar-refractivity contribution in [1.29, 1.82) is 0 Å². The van der Waals surface area contributed by atoms with Crippen molar-refractivity contribution in [3.8, 4) is 11.5 Å². The Labute approximate surface area is 147 Å². The molecule has 0 aliphatic rings. The number of rotatable bonds is 7. The summed E-state index contributed by atoms with van der Waals surface area (Å²) < 4.78 is 36.0. The Kier molecular flexibility index (Phi) is 5.95. The van der Waals surface area contributed by atoms with Crippen LogP contribution in [0.3, 0.4) is 0 Å². The number of carbonyl (C=O) groups is 1. The van der Waals surface area contributed by atoms with Gasteiger partial charge in [-0.1, -0.05) is 0 Å². The second-order valence-corrected chi connectivity index (χ2v) is 6.92. The van der Waals surface area contributed by atoms with Crippen molar-refractivity contribution >= 4 is 21.9 Å². The Hall–Kier alpha value is -2.64. The standard InChI is InChI=1S/C18H19NO5S/c1-19-25(21,22)16-9-5-13(6-10-16)17(20)11-7-14-4-8-15(23-2)12-18(14)24-3/h4-12,19H,1-3H3/b11-7+. The summed E-state index contributed by atoms with van der Waals surface area (Å²) in [6, 6.07) is 11.0. The molecule has 0 saturated heterocycles. The van der Waals surface area contributed by atoms with Crippen molar-refractivity contribution in [2.45, 2.75) is 4.90 Å². The van der Waals surface area contributed by atoms with E-state index in [9.17, 15) is 13.2 Å². The third kappa shape index (κ3) is 4.46.